The first kappa shape index (κ1) is 14.0. The lowest BCUT2D eigenvalue weighted by atomic mass is 9.82. The third-order valence-electron chi connectivity index (χ3n) is 3.68. The number of nitrogens with one attached hydrogen (secondary N) is 1. The molecule has 0 aromatic heterocycles. The summed E-state index contributed by atoms with van der Waals surface area (Å²) in [5, 5.41) is 11.8. The normalized spacial score (nSPS) is 29.6. The van der Waals surface area contributed by atoms with Gasteiger partial charge in [0, 0.05) is 5.02 Å². The predicted molar refractivity (Wildman–Crippen MR) is 72.5 cm³/mol. The molecule has 0 saturated carbocycles. The molecule has 1 saturated heterocycles. The molecule has 3 rings (SSSR count). The second kappa shape index (κ2) is 5.13. The first-order chi connectivity index (χ1) is 9.97. The molecular weight excluding hydrogens is 301 g/mol. The Balaban J connectivity index is 1.82. The maximum atomic E-state index is 13.7. The summed E-state index contributed by atoms with van der Waals surface area (Å²) in [6.07, 6.45) is 2.09. The third kappa shape index (κ3) is 2.41. The van der Waals surface area contributed by atoms with Gasteiger partial charge in [-0.3, -0.25) is 9.59 Å². The van der Waals surface area contributed by atoms with Crippen LogP contribution >= 0.6 is 11.6 Å². The minimum Gasteiger partial charge on any atom is -0.481 e. The molecule has 0 radical (unpaired) electrons. The van der Waals surface area contributed by atoms with Crippen LogP contribution in [0.15, 0.2) is 30.4 Å². The van der Waals surface area contributed by atoms with Crippen LogP contribution in [0.1, 0.15) is 0 Å². The Morgan fingerprint density at radius 2 is 1.90 bits per heavy atom. The Labute approximate surface area is 124 Å². The molecule has 2 heterocycles. The fourth-order valence-corrected chi connectivity index (χ4v) is 2.88. The lowest BCUT2D eigenvalue weighted by Gasteiger charge is -2.21. The SMILES string of the molecule is O=C(O)[C@H]1[C@H](C(=O)Nc2ccc(Cl)cc2F)[C@H]2C=C[C@H]1O2. The molecule has 110 valence electrons. The minimum absolute atomic E-state index is 0.0414. The number of carbonyl (C=O) groups excluding carboxylic acids is 1. The second-order valence-corrected chi connectivity index (χ2v) is 5.39. The lowest BCUT2D eigenvalue weighted by molar-refractivity contribution is -0.145. The highest BCUT2D eigenvalue weighted by Gasteiger charge is 2.53. The summed E-state index contributed by atoms with van der Waals surface area (Å²) in [7, 11) is 0. The number of rotatable bonds is 3. The molecule has 1 amide bonds. The van der Waals surface area contributed by atoms with Crippen molar-refractivity contribution in [1.29, 1.82) is 0 Å². The predicted octanol–water partition coefficient (Wildman–Crippen LogP) is 2.07. The van der Waals surface area contributed by atoms with Gasteiger partial charge in [0.25, 0.3) is 0 Å². The van der Waals surface area contributed by atoms with Crippen molar-refractivity contribution in [2.75, 3.05) is 5.32 Å². The average molecular weight is 312 g/mol. The molecule has 0 unspecified atom stereocenters. The number of carboxylic acid groups (broad SMARTS) is 1. The van der Waals surface area contributed by atoms with E-state index < -0.39 is 41.7 Å². The van der Waals surface area contributed by atoms with Crippen molar-refractivity contribution in [1.82, 2.24) is 0 Å². The number of anilines is 1. The summed E-state index contributed by atoms with van der Waals surface area (Å²) >= 11 is 5.64. The summed E-state index contributed by atoms with van der Waals surface area (Å²) in [6, 6.07) is 3.84. The number of ether oxygens (including phenoxy) is 1. The molecule has 7 heteroatoms. The van der Waals surface area contributed by atoms with Crippen LogP contribution in [0.2, 0.25) is 5.02 Å². The first-order valence-electron chi connectivity index (χ1n) is 6.30. The summed E-state index contributed by atoms with van der Waals surface area (Å²) in [5.74, 6) is -4.21. The van der Waals surface area contributed by atoms with Gasteiger partial charge in [-0.1, -0.05) is 23.8 Å². The molecule has 1 fully saturated rings. The van der Waals surface area contributed by atoms with Gasteiger partial charge < -0.3 is 15.2 Å². The van der Waals surface area contributed by atoms with Crippen LogP contribution in [-0.2, 0) is 14.3 Å². The van der Waals surface area contributed by atoms with Crippen molar-refractivity contribution >= 4 is 29.2 Å². The van der Waals surface area contributed by atoms with Crippen LogP contribution in [0.4, 0.5) is 10.1 Å². The molecule has 4 atom stereocenters. The van der Waals surface area contributed by atoms with Gasteiger partial charge in [-0.05, 0) is 18.2 Å². The molecule has 0 spiro atoms. The first-order valence-corrected chi connectivity index (χ1v) is 6.67. The monoisotopic (exact) mass is 311 g/mol. The zero-order valence-electron chi connectivity index (χ0n) is 10.6. The van der Waals surface area contributed by atoms with Crippen LogP contribution in [0, 0.1) is 17.7 Å². The van der Waals surface area contributed by atoms with Gasteiger partial charge in [0.1, 0.15) is 11.7 Å². The maximum absolute atomic E-state index is 13.7. The fraction of sp³-hybridized carbons (Fsp3) is 0.286. The Morgan fingerprint density at radius 3 is 2.52 bits per heavy atom. The lowest BCUT2D eigenvalue weighted by Crippen LogP contribution is -2.39. The molecule has 2 bridgehead atoms. The molecule has 2 N–H and O–H groups in total. The van der Waals surface area contributed by atoms with Crippen molar-refractivity contribution < 1.29 is 23.8 Å². The van der Waals surface area contributed by atoms with Gasteiger partial charge in [-0.2, -0.15) is 0 Å². The quantitative estimate of drug-likeness (QED) is 0.838. The van der Waals surface area contributed by atoms with E-state index in [1.54, 1.807) is 12.2 Å². The van der Waals surface area contributed by atoms with E-state index in [4.69, 9.17) is 16.3 Å². The maximum Gasteiger partial charge on any atom is 0.310 e. The Bertz CT molecular complexity index is 648. The second-order valence-electron chi connectivity index (χ2n) is 4.95. The topological polar surface area (TPSA) is 75.6 Å². The standard InChI is InChI=1S/C14H11ClFNO4/c15-6-1-2-8(7(16)5-6)17-13(18)11-9-3-4-10(21-9)12(11)14(19)20/h1-5,9-12H,(H,17,18)(H,19,20)/t9-,10-,11-,12-/m1/s1. The molecule has 0 aliphatic carbocycles. The molecule has 21 heavy (non-hydrogen) atoms. The number of aliphatic carboxylic acids is 1. The Hall–Kier alpha value is -1.92. The van der Waals surface area contributed by atoms with Crippen LogP contribution in [0.5, 0.6) is 0 Å². The molecule has 1 aromatic rings. The molecule has 1 aromatic carbocycles. The van der Waals surface area contributed by atoms with Crippen molar-refractivity contribution in [2.45, 2.75) is 12.2 Å². The number of fused-ring (bicyclic) bond motifs is 2. The minimum atomic E-state index is -1.11. The van der Waals surface area contributed by atoms with Crippen molar-refractivity contribution in [3.63, 3.8) is 0 Å². The molecular formula is C14H11ClFNO4. The fourth-order valence-electron chi connectivity index (χ4n) is 2.72. The number of carbonyl (C=O) groups is 2. The van der Waals surface area contributed by atoms with Crippen LogP contribution in [0.25, 0.3) is 0 Å². The summed E-state index contributed by atoms with van der Waals surface area (Å²) in [6.45, 7) is 0. The smallest absolute Gasteiger partial charge is 0.310 e. The molecule has 2 aliphatic rings. The largest absolute Gasteiger partial charge is 0.481 e. The zero-order chi connectivity index (χ0) is 15.1. The van der Waals surface area contributed by atoms with Gasteiger partial charge >= 0.3 is 5.97 Å². The van der Waals surface area contributed by atoms with Gasteiger partial charge in [0.15, 0.2) is 0 Å². The highest BCUT2D eigenvalue weighted by Crippen LogP contribution is 2.40. The molecule has 2 aliphatic heterocycles. The zero-order valence-corrected chi connectivity index (χ0v) is 11.4. The highest BCUT2D eigenvalue weighted by atomic mass is 35.5. The van der Waals surface area contributed by atoms with Gasteiger partial charge in [-0.25, -0.2) is 4.39 Å². The number of halogens is 2. The van der Waals surface area contributed by atoms with Crippen molar-refractivity contribution in [2.24, 2.45) is 11.8 Å². The van der Waals surface area contributed by atoms with Crippen molar-refractivity contribution in [3.8, 4) is 0 Å². The third-order valence-corrected chi connectivity index (χ3v) is 3.91. The Kier molecular flexibility index (Phi) is 3.43. The van der Waals surface area contributed by atoms with E-state index >= 15 is 0 Å². The van der Waals surface area contributed by atoms with E-state index in [9.17, 15) is 19.1 Å². The van der Waals surface area contributed by atoms with Crippen LogP contribution in [0.3, 0.4) is 0 Å². The highest BCUT2D eigenvalue weighted by molar-refractivity contribution is 6.30. The molecule has 5 nitrogen and oxygen atoms in total. The van der Waals surface area contributed by atoms with E-state index in [0.29, 0.717) is 0 Å². The van der Waals surface area contributed by atoms with E-state index in [1.165, 1.54) is 12.1 Å². The van der Waals surface area contributed by atoms with E-state index in [0.717, 1.165) is 6.07 Å². The van der Waals surface area contributed by atoms with E-state index in [2.05, 4.69) is 5.32 Å². The van der Waals surface area contributed by atoms with Gasteiger partial charge in [0.2, 0.25) is 5.91 Å². The van der Waals surface area contributed by atoms with Crippen LogP contribution in [-0.4, -0.2) is 29.2 Å². The Morgan fingerprint density at radius 1 is 1.24 bits per heavy atom. The van der Waals surface area contributed by atoms with Gasteiger partial charge in [0.05, 0.1) is 23.8 Å². The number of amides is 1. The van der Waals surface area contributed by atoms with Crippen molar-refractivity contribution in [3.05, 3.63) is 41.2 Å². The number of hydrogen-bond acceptors (Lipinski definition) is 3. The number of benzene rings is 1. The average Bonchev–Trinajstić information content (AvgIpc) is 3.02. The van der Waals surface area contributed by atoms with E-state index in [-0.39, 0.29) is 10.7 Å². The summed E-state index contributed by atoms with van der Waals surface area (Å²) < 4.78 is 19.1. The number of carboxylic acids is 1. The van der Waals surface area contributed by atoms with Crippen LogP contribution < -0.4 is 5.32 Å². The summed E-state index contributed by atoms with van der Waals surface area (Å²) in [5.41, 5.74) is -0.0414. The van der Waals surface area contributed by atoms with Gasteiger partial charge in [-0.15, -0.1) is 0 Å². The van der Waals surface area contributed by atoms with E-state index in [1.807, 2.05) is 0 Å². The number of hydrogen-bond donors (Lipinski definition) is 2. The summed E-state index contributed by atoms with van der Waals surface area (Å²) in [4.78, 5) is 23.6.